The third-order valence-corrected chi connectivity index (χ3v) is 4.30. The second-order valence-electron chi connectivity index (χ2n) is 5.82. The first kappa shape index (κ1) is 14.1. The van der Waals surface area contributed by atoms with Crippen LogP contribution in [-0.4, -0.2) is 29.8 Å². The van der Waals surface area contributed by atoms with Crippen molar-refractivity contribution in [3.63, 3.8) is 0 Å². The van der Waals surface area contributed by atoms with Crippen LogP contribution in [0.25, 0.3) is 0 Å². The molecule has 1 amide bonds. The first-order valence-corrected chi connectivity index (χ1v) is 7.67. The second kappa shape index (κ2) is 5.59. The molecule has 5 nitrogen and oxygen atoms in total. The Hall–Kier alpha value is -2.53. The fourth-order valence-corrected chi connectivity index (χ4v) is 3.14. The van der Waals surface area contributed by atoms with Gasteiger partial charge in [0.15, 0.2) is 11.5 Å². The average molecular weight is 311 g/mol. The Morgan fingerprint density at radius 3 is 2.70 bits per heavy atom. The van der Waals surface area contributed by atoms with E-state index >= 15 is 0 Å². The predicted octanol–water partition coefficient (Wildman–Crippen LogP) is 1.60. The third kappa shape index (κ3) is 2.53. The van der Waals surface area contributed by atoms with Crippen LogP contribution in [0.3, 0.4) is 0 Å². The molecule has 23 heavy (non-hydrogen) atoms. The van der Waals surface area contributed by atoms with Gasteiger partial charge in [0.05, 0.1) is 12.1 Å². The van der Waals surface area contributed by atoms with Crippen LogP contribution in [0.5, 0.6) is 11.5 Å². The number of benzene rings is 2. The predicted molar refractivity (Wildman–Crippen MR) is 83.4 cm³/mol. The van der Waals surface area contributed by atoms with Crippen molar-refractivity contribution in [3.8, 4) is 11.5 Å². The minimum Gasteiger partial charge on any atom is -0.485 e. The van der Waals surface area contributed by atoms with Crippen molar-refractivity contribution < 1.29 is 19.4 Å². The van der Waals surface area contributed by atoms with E-state index in [4.69, 9.17) is 9.47 Å². The van der Waals surface area contributed by atoms with Crippen LogP contribution < -0.4 is 14.8 Å². The van der Waals surface area contributed by atoms with Crippen molar-refractivity contribution in [3.05, 3.63) is 59.7 Å². The van der Waals surface area contributed by atoms with Gasteiger partial charge < -0.3 is 19.9 Å². The van der Waals surface area contributed by atoms with Crippen LogP contribution >= 0.6 is 0 Å². The molecule has 2 aromatic carbocycles. The van der Waals surface area contributed by atoms with Gasteiger partial charge in [0.25, 0.3) is 5.91 Å². The summed E-state index contributed by atoms with van der Waals surface area (Å²) < 4.78 is 11.3. The molecule has 2 N–H and O–H groups in total. The van der Waals surface area contributed by atoms with Gasteiger partial charge >= 0.3 is 0 Å². The third-order valence-electron chi connectivity index (χ3n) is 4.30. The van der Waals surface area contributed by atoms with E-state index in [1.807, 2.05) is 36.4 Å². The van der Waals surface area contributed by atoms with Gasteiger partial charge in [0.1, 0.15) is 6.61 Å². The van der Waals surface area contributed by atoms with Crippen molar-refractivity contribution in [2.75, 3.05) is 6.61 Å². The van der Waals surface area contributed by atoms with E-state index in [0.717, 1.165) is 11.1 Å². The lowest BCUT2D eigenvalue weighted by Crippen LogP contribution is -2.46. The second-order valence-corrected chi connectivity index (χ2v) is 5.82. The lowest BCUT2D eigenvalue weighted by molar-refractivity contribution is -0.131. The fourth-order valence-electron chi connectivity index (χ4n) is 3.14. The Balaban J connectivity index is 1.49. The molecule has 0 saturated carbocycles. The standard InChI is InChI=1S/C18H17NO4/c20-13-9-11-5-1-2-6-12(11)17(13)19-18(21)16-10-22-14-7-3-4-8-15(14)23-16/h1-8,13,16-17,20H,9-10H2,(H,19,21). The van der Waals surface area contributed by atoms with Crippen molar-refractivity contribution in [2.24, 2.45) is 0 Å². The highest BCUT2D eigenvalue weighted by molar-refractivity contribution is 5.82. The van der Waals surface area contributed by atoms with Crippen LogP contribution in [0.4, 0.5) is 0 Å². The van der Waals surface area contributed by atoms with Gasteiger partial charge in [-0.15, -0.1) is 0 Å². The number of carbonyl (C=O) groups is 1. The van der Waals surface area contributed by atoms with Gasteiger partial charge in [-0.05, 0) is 23.3 Å². The van der Waals surface area contributed by atoms with Gasteiger partial charge in [-0.2, -0.15) is 0 Å². The molecule has 0 saturated heterocycles. The molecule has 0 radical (unpaired) electrons. The summed E-state index contributed by atoms with van der Waals surface area (Å²) in [5, 5.41) is 13.1. The number of amides is 1. The first-order valence-electron chi connectivity index (χ1n) is 7.67. The fraction of sp³-hybridized carbons (Fsp3) is 0.278. The molecule has 118 valence electrons. The van der Waals surface area contributed by atoms with E-state index in [1.165, 1.54) is 0 Å². The van der Waals surface area contributed by atoms with E-state index in [9.17, 15) is 9.90 Å². The minimum atomic E-state index is -0.718. The van der Waals surface area contributed by atoms with Crippen LogP contribution in [0.15, 0.2) is 48.5 Å². The molecule has 0 spiro atoms. The molecule has 3 unspecified atom stereocenters. The van der Waals surface area contributed by atoms with Crippen molar-refractivity contribution in [2.45, 2.75) is 24.7 Å². The number of para-hydroxylation sites is 2. The topological polar surface area (TPSA) is 67.8 Å². The zero-order chi connectivity index (χ0) is 15.8. The molecule has 2 aliphatic rings. The molecular weight excluding hydrogens is 294 g/mol. The highest BCUT2D eigenvalue weighted by Gasteiger charge is 2.35. The zero-order valence-electron chi connectivity index (χ0n) is 12.4. The van der Waals surface area contributed by atoms with E-state index in [2.05, 4.69) is 5.32 Å². The molecule has 0 aromatic heterocycles. The van der Waals surface area contributed by atoms with E-state index in [-0.39, 0.29) is 12.5 Å². The Morgan fingerprint density at radius 1 is 1.09 bits per heavy atom. The van der Waals surface area contributed by atoms with Crippen molar-refractivity contribution in [1.29, 1.82) is 0 Å². The van der Waals surface area contributed by atoms with Gasteiger partial charge in [0.2, 0.25) is 6.10 Å². The summed E-state index contributed by atoms with van der Waals surface area (Å²) in [7, 11) is 0. The molecular formula is C18H17NO4. The van der Waals surface area contributed by atoms with Crippen LogP contribution in [0.2, 0.25) is 0 Å². The lowest BCUT2D eigenvalue weighted by atomic mass is 10.1. The number of rotatable bonds is 2. The monoisotopic (exact) mass is 311 g/mol. The van der Waals surface area contributed by atoms with Gasteiger partial charge in [-0.25, -0.2) is 0 Å². The molecule has 1 aliphatic heterocycles. The van der Waals surface area contributed by atoms with Crippen LogP contribution in [-0.2, 0) is 11.2 Å². The van der Waals surface area contributed by atoms with Gasteiger partial charge in [-0.3, -0.25) is 4.79 Å². The molecule has 2 aromatic rings. The maximum absolute atomic E-state index is 12.5. The Labute approximate surface area is 133 Å². The number of aliphatic hydroxyl groups is 1. The SMILES string of the molecule is O=C(NC1c2ccccc2CC1O)C1COc2ccccc2O1. The maximum atomic E-state index is 12.5. The molecule has 0 bridgehead atoms. The minimum absolute atomic E-state index is 0.160. The van der Waals surface area contributed by atoms with Crippen molar-refractivity contribution in [1.82, 2.24) is 5.32 Å². The molecule has 0 fully saturated rings. The van der Waals surface area contributed by atoms with E-state index < -0.39 is 18.2 Å². The summed E-state index contributed by atoms with van der Waals surface area (Å²) in [6, 6.07) is 14.6. The molecule has 5 heteroatoms. The quantitative estimate of drug-likeness (QED) is 0.884. The average Bonchev–Trinajstić information content (AvgIpc) is 2.90. The summed E-state index contributed by atoms with van der Waals surface area (Å²) in [6.07, 6.45) is -0.788. The van der Waals surface area contributed by atoms with E-state index in [1.54, 1.807) is 12.1 Å². The largest absolute Gasteiger partial charge is 0.485 e. The number of aliphatic hydroxyl groups excluding tert-OH is 1. The summed E-state index contributed by atoms with van der Waals surface area (Å²) in [4.78, 5) is 12.5. The van der Waals surface area contributed by atoms with Crippen LogP contribution in [0.1, 0.15) is 17.2 Å². The Bertz CT molecular complexity index is 745. The number of hydrogen-bond donors (Lipinski definition) is 2. The Morgan fingerprint density at radius 2 is 1.83 bits per heavy atom. The number of ether oxygens (including phenoxy) is 2. The normalized spacial score (nSPS) is 24.8. The number of nitrogens with one attached hydrogen (secondary N) is 1. The molecule has 4 rings (SSSR count). The first-order chi connectivity index (χ1) is 11.2. The number of hydrogen-bond acceptors (Lipinski definition) is 4. The smallest absolute Gasteiger partial charge is 0.265 e. The molecule has 1 heterocycles. The summed E-state index contributed by atoms with van der Waals surface area (Å²) in [5.74, 6) is 0.925. The summed E-state index contributed by atoms with van der Waals surface area (Å²) >= 11 is 0. The summed E-state index contributed by atoms with van der Waals surface area (Å²) in [5.41, 5.74) is 2.03. The van der Waals surface area contributed by atoms with Gasteiger partial charge in [0, 0.05) is 6.42 Å². The summed E-state index contributed by atoms with van der Waals surface area (Å²) in [6.45, 7) is 0.160. The Kier molecular flexibility index (Phi) is 3.42. The van der Waals surface area contributed by atoms with Crippen LogP contribution in [0, 0.1) is 0 Å². The maximum Gasteiger partial charge on any atom is 0.265 e. The van der Waals surface area contributed by atoms with E-state index in [0.29, 0.717) is 17.9 Å². The highest BCUT2D eigenvalue weighted by atomic mass is 16.6. The number of carbonyl (C=O) groups excluding carboxylic acids is 1. The van der Waals surface area contributed by atoms with Crippen molar-refractivity contribution >= 4 is 5.91 Å². The molecule has 1 aliphatic carbocycles. The number of fused-ring (bicyclic) bond motifs is 2. The van der Waals surface area contributed by atoms with Gasteiger partial charge in [-0.1, -0.05) is 36.4 Å². The lowest BCUT2D eigenvalue weighted by Gasteiger charge is -2.27. The zero-order valence-corrected chi connectivity index (χ0v) is 12.4. The highest BCUT2D eigenvalue weighted by Crippen LogP contribution is 2.33. The molecule has 3 atom stereocenters.